The van der Waals surface area contributed by atoms with Gasteiger partial charge in [-0.05, 0) is 17.7 Å². The lowest BCUT2D eigenvalue weighted by Crippen LogP contribution is -2.44. The van der Waals surface area contributed by atoms with Crippen LogP contribution in [-0.4, -0.2) is 53.5 Å². The van der Waals surface area contributed by atoms with Crippen molar-refractivity contribution in [2.75, 3.05) is 0 Å². The van der Waals surface area contributed by atoms with Gasteiger partial charge in [-0.3, -0.25) is 9.59 Å². The van der Waals surface area contributed by atoms with Gasteiger partial charge in [0.15, 0.2) is 11.5 Å². The number of fused-ring (bicyclic) bond motifs is 1. The minimum absolute atomic E-state index is 0.0287. The van der Waals surface area contributed by atoms with Crippen LogP contribution in [0.25, 0.3) is 0 Å². The molecule has 0 fully saturated rings. The second kappa shape index (κ2) is 10.6. The Bertz CT molecular complexity index is 914. The third kappa shape index (κ3) is 6.94. The van der Waals surface area contributed by atoms with Crippen LogP contribution in [0, 0.1) is 5.92 Å². The lowest BCUT2D eigenvalue weighted by atomic mass is 10.1. The molecule has 2 rings (SSSR count). The molecule has 1 aliphatic rings. The van der Waals surface area contributed by atoms with E-state index in [1.165, 1.54) is 25.1 Å². The lowest BCUT2D eigenvalue weighted by molar-refractivity contribution is -0.169. The number of rotatable bonds is 7. The summed E-state index contributed by atoms with van der Waals surface area (Å²) in [6.45, 7) is 4.51. The minimum Gasteiger partial charge on any atom is -0.480 e. The third-order valence-electron chi connectivity index (χ3n) is 4.19. The van der Waals surface area contributed by atoms with E-state index in [4.69, 9.17) is 24.7 Å². The summed E-state index contributed by atoms with van der Waals surface area (Å²) in [5.41, 5.74) is 5.89. The van der Waals surface area contributed by atoms with Crippen molar-refractivity contribution >= 4 is 30.0 Å². The first-order valence-electron chi connectivity index (χ1n) is 9.67. The second-order valence-electron chi connectivity index (χ2n) is 7.29. The van der Waals surface area contributed by atoms with E-state index >= 15 is 0 Å². The van der Waals surface area contributed by atoms with E-state index in [1.807, 2.05) is 0 Å². The highest BCUT2D eigenvalue weighted by atomic mass is 16.7. The second-order valence-corrected chi connectivity index (χ2v) is 7.29. The molecule has 12 nitrogen and oxygen atoms in total. The monoisotopic (exact) mass is 452 g/mol. The van der Waals surface area contributed by atoms with Crippen molar-refractivity contribution in [3.8, 4) is 11.5 Å². The maximum Gasteiger partial charge on any atom is 0.410 e. The number of carbonyl (C=O) groups excluding carboxylic acids is 4. The molecule has 3 unspecified atom stereocenters. The summed E-state index contributed by atoms with van der Waals surface area (Å²) in [6, 6.07) is 1.44. The summed E-state index contributed by atoms with van der Waals surface area (Å²) < 4.78 is 19.9. The van der Waals surface area contributed by atoms with Crippen molar-refractivity contribution in [2.45, 2.75) is 52.0 Å². The lowest BCUT2D eigenvalue weighted by Gasteiger charge is -2.20. The molecule has 0 aromatic heterocycles. The van der Waals surface area contributed by atoms with Gasteiger partial charge < -0.3 is 35.1 Å². The Morgan fingerprint density at radius 1 is 1.16 bits per heavy atom. The number of aliphatic carboxylic acids is 1. The number of alkyl carbamates (subject to hydrolysis) is 1. The van der Waals surface area contributed by atoms with E-state index in [1.54, 1.807) is 13.8 Å². The van der Waals surface area contributed by atoms with Gasteiger partial charge in [0.1, 0.15) is 12.1 Å². The number of nitrogens with one attached hydrogen (secondary N) is 1. The van der Waals surface area contributed by atoms with E-state index in [0.29, 0.717) is 5.56 Å². The molecular weight excluding hydrogens is 428 g/mol. The number of ether oxygens (including phenoxy) is 4. The number of hydrogen-bond acceptors (Lipinski definition) is 10. The Morgan fingerprint density at radius 2 is 1.84 bits per heavy atom. The summed E-state index contributed by atoms with van der Waals surface area (Å²) >= 11 is 0. The first-order valence-corrected chi connectivity index (χ1v) is 9.67. The zero-order valence-corrected chi connectivity index (χ0v) is 17.7. The van der Waals surface area contributed by atoms with Crippen LogP contribution >= 0.6 is 0 Å². The molecule has 0 spiro atoms. The largest absolute Gasteiger partial charge is 0.480 e. The van der Waals surface area contributed by atoms with Gasteiger partial charge >= 0.3 is 30.0 Å². The Morgan fingerprint density at radius 3 is 2.47 bits per heavy atom. The van der Waals surface area contributed by atoms with Crippen LogP contribution in [0.15, 0.2) is 18.2 Å². The highest BCUT2D eigenvalue weighted by Crippen LogP contribution is 2.31. The zero-order chi connectivity index (χ0) is 24.0. The van der Waals surface area contributed by atoms with Gasteiger partial charge in [-0.25, -0.2) is 14.4 Å². The van der Waals surface area contributed by atoms with Crippen LogP contribution in [0.1, 0.15) is 32.8 Å². The average Bonchev–Trinajstić information content (AvgIpc) is 2.67. The van der Waals surface area contributed by atoms with Gasteiger partial charge in [0.2, 0.25) is 6.29 Å². The SMILES string of the molecule is CC(OC(=O)NC(Cc1ccc2c(c1)OC(=O)C(N)CC(=O)O2)C(=O)O)OC(=O)C(C)C. The number of carbonyl (C=O) groups is 5. The molecule has 32 heavy (non-hydrogen) atoms. The Kier molecular flexibility index (Phi) is 8.13. The van der Waals surface area contributed by atoms with Crippen LogP contribution in [0.4, 0.5) is 4.79 Å². The fourth-order valence-corrected chi connectivity index (χ4v) is 2.54. The van der Waals surface area contributed by atoms with Crippen LogP contribution in [0.2, 0.25) is 0 Å². The van der Waals surface area contributed by atoms with Gasteiger partial charge in [0.25, 0.3) is 0 Å². The van der Waals surface area contributed by atoms with Crippen molar-refractivity contribution in [3.05, 3.63) is 23.8 Å². The first-order chi connectivity index (χ1) is 15.0. The number of amides is 1. The molecule has 4 N–H and O–H groups in total. The van der Waals surface area contributed by atoms with Crippen molar-refractivity contribution in [1.29, 1.82) is 0 Å². The maximum absolute atomic E-state index is 12.0. The highest BCUT2D eigenvalue weighted by Gasteiger charge is 2.28. The summed E-state index contributed by atoms with van der Waals surface area (Å²) in [5, 5.41) is 11.6. The molecule has 0 saturated carbocycles. The summed E-state index contributed by atoms with van der Waals surface area (Å²) in [7, 11) is 0. The van der Waals surface area contributed by atoms with E-state index in [9.17, 15) is 29.1 Å². The summed E-state index contributed by atoms with van der Waals surface area (Å²) in [4.78, 5) is 58.8. The Hall–Kier alpha value is -3.67. The fourth-order valence-electron chi connectivity index (χ4n) is 2.54. The number of carboxylic acids is 1. The molecule has 0 bridgehead atoms. The number of hydrogen-bond donors (Lipinski definition) is 3. The third-order valence-corrected chi connectivity index (χ3v) is 4.19. The molecule has 1 aromatic rings. The van der Waals surface area contributed by atoms with E-state index < -0.39 is 54.3 Å². The van der Waals surface area contributed by atoms with E-state index in [2.05, 4.69) is 5.32 Å². The predicted octanol–water partition coefficient (Wildman–Crippen LogP) is 0.496. The zero-order valence-electron chi connectivity index (χ0n) is 17.7. The first kappa shape index (κ1) is 24.6. The van der Waals surface area contributed by atoms with Crippen LogP contribution in [0.5, 0.6) is 11.5 Å². The van der Waals surface area contributed by atoms with Crippen LogP contribution < -0.4 is 20.5 Å². The van der Waals surface area contributed by atoms with Gasteiger partial charge in [0, 0.05) is 13.3 Å². The van der Waals surface area contributed by atoms with E-state index in [-0.39, 0.29) is 24.3 Å². The van der Waals surface area contributed by atoms with Gasteiger partial charge in [-0.1, -0.05) is 19.9 Å². The molecule has 1 aliphatic heterocycles. The molecule has 0 saturated heterocycles. The smallest absolute Gasteiger partial charge is 0.410 e. The molecule has 1 amide bonds. The van der Waals surface area contributed by atoms with Gasteiger partial charge in [0.05, 0.1) is 12.3 Å². The maximum atomic E-state index is 12.0. The predicted molar refractivity (Wildman–Crippen MR) is 105 cm³/mol. The highest BCUT2D eigenvalue weighted by molar-refractivity contribution is 5.87. The number of nitrogens with two attached hydrogens (primary N) is 1. The van der Waals surface area contributed by atoms with Crippen molar-refractivity contribution in [1.82, 2.24) is 5.32 Å². The summed E-state index contributed by atoms with van der Waals surface area (Å²) in [5.74, 6) is -4.10. The Balaban J connectivity index is 2.08. The fraction of sp³-hybridized carbons (Fsp3) is 0.450. The molecule has 1 aromatic carbocycles. The minimum atomic E-state index is -1.43. The van der Waals surface area contributed by atoms with Crippen molar-refractivity contribution in [3.63, 3.8) is 0 Å². The van der Waals surface area contributed by atoms with E-state index in [0.717, 1.165) is 0 Å². The standard InChI is InChI=1S/C20H24N2O10/c1-9(2)18(26)29-10(3)30-20(28)22-13(17(24)25)6-11-4-5-14-15(7-11)32-19(27)12(21)8-16(23)31-14/h4-5,7,9-10,12-13H,6,8,21H2,1-3H3,(H,22,28)(H,24,25). The molecular formula is C20H24N2O10. The normalized spacial score (nSPS) is 17.6. The van der Waals surface area contributed by atoms with Gasteiger partial charge in [-0.2, -0.15) is 0 Å². The molecule has 0 aliphatic carbocycles. The number of carboxylic acid groups (broad SMARTS) is 1. The molecule has 3 atom stereocenters. The molecule has 174 valence electrons. The quantitative estimate of drug-likeness (QED) is 0.298. The van der Waals surface area contributed by atoms with Crippen LogP contribution in [0.3, 0.4) is 0 Å². The summed E-state index contributed by atoms with van der Waals surface area (Å²) in [6.07, 6.45) is -2.92. The Labute approximate surface area is 182 Å². The van der Waals surface area contributed by atoms with Crippen molar-refractivity contribution in [2.24, 2.45) is 11.7 Å². The molecule has 1 heterocycles. The number of benzene rings is 1. The van der Waals surface area contributed by atoms with Crippen molar-refractivity contribution < 1.29 is 48.0 Å². The topological polar surface area (TPSA) is 181 Å². The van der Waals surface area contributed by atoms with Gasteiger partial charge in [-0.15, -0.1) is 0 Å². The van der Waals surface area contributed by atoms with Crippen LogP contribution in [-0.2, 0) is 35.1 Å². The average molecular weight is 452 g/mol. The molecule has 12 heteroatoms. The molecule has 0 radical (unpaired) electrons. The number of esters is 3.